The van der Waals surface area contributed by atoms with Crippen molar-refractivity contribution in [1.29, 1.82) is 0 Å². The Balaban J connectivity index is 1.51. The van der Waals surface area contributed by atoms with Gasteiger partial charge in [0.2, 0.25) is 0 Å². The number of carbonyl (C=O) groups is 1. The van der Waals surface area contributed by atoms with Crippen LogP contribution in [-0.4, -0.2) is 52.4 Å². The standard InChI is InChI=1S/C23H25ClN4O3/c24-19-5-3-4-17(12-19)22(29)23(30)27-20-7-6-16(18-14-25-26-15-18)13-21(20)31-11-10-28-8-1-2-9-28/h3-7,12-15,22,29H,1-2,8-11H2,(H,25,26)(H,27,30). The van der Waals surface area contributed by atoms with Crippen molar-refractivity contribution in [3.63, 3.8) is 0 Å². The summed E-state index contributed by atoms with van der Waals surface area (Å²) < 4.78 is 6.05. The van der Waals surface area contributed by atoms with Gasteiger partial charge in [-0.1, -0.05) is 29.8 Å². The zero-order valence-electron chi connectivity index (χ0n) is 17.1. The van der Waals surface area contributed by atoms with E-state index < -0.39 is 12.0 Å². The van der Waals surface area contributed by atoms with Crippen LogP contribution in [0, 0.1) is 0 Å². The summed E-state index contributed by atoms with van der Waals surface area (Å²) in [7, 11) is 0. The summed E-state index contributed by atoms with van der Waals surface area (Å²) in [6, 6.07) is 12.1. The summed E-state index contributed by atoms with van der Waals surface area (Å²) in [5.74, 6) is -0.00717. The fourth-order valence-electron chi connectivity index (χ4n) is 3.65. The summed E-state index contributed by atoms with van der Waals surface area (Å²) in [4.78, 5) is 15.1. The molecule has 0 saturated carbocycles. The van der Waals surface area contributed by atoms with Gasteiger partial charge in [-0.25, -0.2) is 0 Å². The monoisotopic (exact) mass is 440 g/mol. The van der Waals surface area contributed by atoms with E-state index in [1.165, 1.54) is 12.8 Å². The molecular formula is C23H25ClN4O3. The Kier molecular flexibility index (Phi) is 6.86. The van der Waals surface area contributed by atoms with E-state index in [1.54, 1.807) is 42.7 Å². The highest BCUT2D eigenvalue weighted by Crippen LogP contribution is 2.32. The Hall–Kier alpha value is -2.87. The largest absolute Gasteiger partial charge is 0.490 e. The maximum Gasteiger partial charge on any atom is 0.257 e. The van der Waals surface area contributed by atoms with E-state index in [9.17, 15) is 9.90 Å². The van der Waals surface area contributed by atoms with Gasteiger partial charge in [0.15, 0.2) is 6.10 Å². The van der Waals surface area contributed by atoms with Crippen molar-refractivity contribution in [3.05, 3.63) is 65.4 Å². The lowest BCUT2D eigenvalue weighted by molar-refractivity contribution is -0.124. The second-order valence-corrected chi connectivity index (χ2v) is 7.98. The van der Waals surface area contributed by atoms with Crippen LogP contribution in [0.3, 0.4) is 0 Å². The molecule has 162 valence electrons. The molecule has 4 rings (SSSR count). The summed E-state index contributed by atoms with van der Waals surface area (Å²) in [5.41, 5.74) is 2.76. The van der Waals surface area contributed by atoms with E-state index in [-0.39, 0.29) is 0 Å². The molecule has 1 fully saturated rings. The number of H-pyrrole nitrogens is 1. The second-order valence-electron chi connectivity index (χ2n) is 7.54. The maximum atomic E-state index is 12.7. The topological polar surface area (TPSA) is 90.5 Å². The molecule has 1 saturated heterocycles. The van der Waals surface area contributed by atoms with E-state index in [1.807, 2.05) is 12.1 Å². The highest BCUT2D eigenvalue weighted by Gasteiger charge is 2.20. The van der Waals surface area contributed by atoms with Crippen LogP contribution in [0.2, 0.25) is 5.02 Å². The maximum absolute atomic E-state index is 12.7. The third-order valence-electron chi connectivity index (χ3n) is 5.35. The number of nitrogens with one attached hydrogen (secondary N) is 2. The summed E-state index contributed by atoms with van der Waals surface area (Å²) in [6.07, 6.45) is 4.62. The SMILES string of the molecule is O=C(Nc1ccc(-c2cn[nH]c2)cc1OCCN1CCCC1)C(O)c1cccc(Cl)c1. The minimum Gasteiger partial charge on any atom is -0.490 e. The molecular weight excluding hydrogens is 416 g/mol. The molecule has 8 heteroatoms. The van der Waals surface area contributed by atoms with E-state index in [2.05, 4.69) is 20.4 Å². The Morgan fingerprint density at radius 1 is 1.23 bits per heavy atom. The van der Waals surface area contributed by atoms with Gasteiger partial charge < -0.3 is 15.2 Å². The third kappa shape index (κ3) is 5.44. The number of rotatable bonds is 8. The summed E-state index contributed by atoms with van der Waals surface area (Å²) in [5, 5.41) is 20.5. The lowest BCUT2D eigenvalue weighted by atomic mass is 10.1. The number of aliphatic hydroxyl groups is 1. The number of anilines is 1. The van der Waals surface area contributed by atoms with E-state index >= 15 is 0 Å². The first-order valence-electron chi connectivity index (χ1n) is 10.3. The van der Waals surface area contributed by atoms with Crippen molar-refractivity contribution < 1.29 is 14.6 Å². The molecule has 0 spiro atoms. The molecule has 1 atom stereocenters. The van der Waals surface area contributed by atoms with Gasteiger partial charge in [-0.3, -0.25) is 14.8 Å². The molecule has 7 nitrogen and oxygen atoms in total. The lowest BCUT2D eigenvalue weighted by Crippen LogP contribution is -2.25. The van der Waals surface area contributed by atoms with Crippen molar-refractivity contribution in [2.24, 2.45) is 0 Å². The number of aromatic amines is 1. The van der Waals surface area contributed by atoms with Crippen molar-refractivity contribution >= 4 is 23.2 Å². The van der Waals surface area contributed by atoms with Crippen LogP contribution in [-0.2, 0) is 4.79 Å². The first-order chi connectivity index (χ1) is 15.1. The Morgan fingerprint density at radius 3 is 2.81 bits per heavy atom. The van der Waals surface area contributed by atoms with Gasteiger partial charge in [0.25, 0.3) is 5.91 Å². The molecule has 3 aromatic rings. The van der Waals surface area contributed by atoms with Crippen molar-refractivity contribution in [1.82, 2.24) is 15.1 Å². The zero-order chi connectivity index (χ0) is 21.6. The van der Waals surface area contributed by atoms with Crippen molar-refractivity contribution in [2.45, 2.75) is 18.9 Å². The molecule has 1 aromatic heterocycles. The summed E-state index contributed by atoms with van der Waals surface area (Å²) in [6.45, 7) is 3.52. The van der Waals surface area contributed by atoms with Crippen LogP contribution in [0.15, 0.2) is 54.9 Å². The average molecular weight is 441 g/mol. The van der Waals surface area contributed by atoms with E-state index in [0.717, 1.165) is 30.8 Å². The molecule has 1 aliphatic heterocycles. The lowest BCUT2D eigenvalue weighted by Gasteiger charge is -2.18. The number of benzene rings is 2. The molecule has 1 aliphatic rings. The number of likely N-dealkylation sites (tertiary alicyclic amines) is 1. The minimum atomic E-state index is -1.34. The van der Waals surface area contributed by atoms with E-state index in [0.29, 0.717) is 28.6 Å². The Bertz CT molecular complexity index is 1020. The van der Waals surface area contributed by atoms with Gasteiger partial charge in [-0.05, 0) is 61.3 Å². The number of nitrogens with zero attached hydrogens (tertiary/aromatic N) is 2. The number of hydrogen-bond donors (Lipinski definition) is 3. The van der Waals surface area contributed by atoms with Crippen LogP contribution in [0.1, 0.15) is 24.5 Å². The van der Waals surface area contributed by atoms with E-state index in [4.69, 9.17) is 16.3 Å². The average Bonchev–Trinajstić information content (AvgIpc) is 3.48. The highest BCUT2D eigenvalue weighted by molar-refractivity contribution is 6.30. The number of amides is 1. The number of carbonyl (C=O) groups excluding carboxylic acids is 1. The molecule has 0 aliphatic carbocycles. The molecule has 0 bridgehead atoms. The smallest absolute Gasteiger partial charge is 0.257 e. The first kappa shape index (κ1) is 21.4. The highest BCUT2D eigenvalue weighted by atomic mass is 35.5. The molecule has 1 unspecified atom stereocenters. The molecule has 0 radical (unpaired) electrons. The molecule has 3 N–H and O–H groups in total. The predicted octanol–water partition coefficient (Wildman–Crippen LogP) is 3.88. The molecule has 2 aromatic carbocycles. The number of ether oxygens (including phenoxy) is 1. The number of aromatic nitrogens is 2. The van der Waals surface area contributed by atoms with Crippen LogP contribution in [0.25, 0.3) is 11.1 Å². The molecule has 1 amide bonds. The first-order valence-corrected chi connectivity index (χ1v) is 10.7. The predicted molar refractivity (Wildman–Crippen MR) is 120 cm³/mol. The number of hydrogen-bond acceptors (Lipinski definition) is 5. The molecule has 31 heavy (non-hydrogen) atoms. The summed E-state index contributed by atoms with van der Waals surface area (Å²) >= 11 is 5.98. The number of aliphatic hydroxyl groups excluding tert-OH is 1. The molecule has 2 heterocycles. The van der Waals surface area contributed by atoms with Crippen molar-refractivity contribution in [3.8, 4) is 16.9 Å². The zero-order valence-corrected chi connectivity index (χ0v) is 17.8. The third-order valence-corrected chi connectivity index (χ3v) is 5.58. The van der Waals surface area contributed by atoms with Crippen LogP contribution >= 0.6 is 11.6 Å². The van der Waals surface area contributed by atoms with Crippen molar-refractivity contribution in [2.75, 3.05) is 31.6 Å². The fourth-order valence-corrected chi connectivity index (χ4v) is 3.85. The van der Waals surface area contributed by atoms with Gasteiger partial charge >= 0.3 is 0 Å². The van der Waals surface area contributed by atoms with Gasteiger partial charge in [0.1, 0.15) is 12.4 Å². The van der Waals surface area contributed by atoms with Gasteiger partial charge in [0.05, 0.1) is 11.9 Å². The van der Waals surface area contributed by atoms with Crippen LogP contribution < -0.4 is 10.1 Å². The minimum absolute atomic E-state index is 0.427. The van der Waals surface area contributed by atoms with Gasteiger partial charge in [-0.2, -0.15) is 5.10 Å². The van der Waals surface area contributed by atoms with Gasteiger partial charge in [0, 0.05) is 23.3 Å². The van der Waals surface area contributed by atoms with Crippen LogP contribution in [0.5, 0.6) is 5.75 Å². The fraction of sp³-hybridized carbons (Fsp3) is 0.304. The Morgan fingerprint density at radius 2 is 2.06 bits per heavy atom. The second kappa shape index (κ2) is 9.96. The Labute approximate surface area is 186 Å². The van der Waals surface area contributed by atoms with Gasteiger partial charge in [-0.15, -0.1) is 0 Å². The van der Waals surface area contributed by atoms with Crippen LogP contribution in [0.4, 0.5) is 5.69 Å². The quantitative estimate of drug-likeness (QED) is 0.494. The normalized spacial score (nSPS) is 15.0. The number of halogens is 1.